The molecule has 1 N–H and O–H groups in total. The van der Waals surface area contributed by atoms with E-state index in [1.54, 1.807) is 12.3 Å². The summed E-state index contributed by atoms with van der Waals surface area (Å²) < 4.78 is 37.7. The third-order valence-electron chi connectivity index (χ3n) is 2.54. The zero-order valence-corrected chi connectivity index (χ0v) is 11.9. The van der Waals surface area contributed by atoms with E-state index in [0.29, 0.717) is 11.8 Å². The smallest absolute Gasteiger partial charge is 0.272 e. The molecule has 2 aromatic rings. The molecular weight excluding hydrogens is 321 g/mol. The van der Waals surface area contributed by atoms with Crippen molar-refractivity contribution in [3.8, 4) is 0 Å². The fraction of sp³-hybridized carbons (Fsp3) is 0.167. The second kappa shape index (κ2) is 6.10. The number of hydrogen-bond acceptors (Lipinski definition) is 6. The molecular formula is C12H9F3N4O2S. The lowest BCUT2D eigenvalue weighted by molar-refractivity contribution is -0.384. The molecule has 1 aromatic heterocycles. The van der Waals surface area contributed by atoms with Crippen molar-refractivity contribution in [1.29, 1.82) is 0 Å². The number of nitrogens with one attached hydrogen (secondary N) is 1. The molecule has 6 nitrogen and oxygen atoms in total. The van der Waals surface area contributed by atoms with Crippen LogP contribution in [0.3, 0.4) is 0 Å². The van der Waals surface area contributed by atoms with E-state index in [9.17, 15) is 23.3 Å². The molecule has 10 heteroatoms. The molecule has 0 unspecified atom stereocenters. The molecule has 0 aliphatic carbocycles. The Labute approximate surface area is 126 Å². The summed E-state index contributed by atoms with van der Waals surface area (Å²) in [4.78, 5) is 14.1. The van der Waals surface area contributed by atoms with E-state index in [2.05, 4.69) is 15.5 Å². The molecule has 116 valence electrons. The Bertz CT molecular complexity index is 727. The van der Waals surface area contributed by atoms with E-state index < -0.39 is 22.4 Å². The molecule has 0 bridgehead atoms. The van der Waals surface area contributed by atoms with Gasteiger partial charge in [-0.05, 0) is 19.1 Å². The number of hydrogen-bond donors (Lipinski definition) is 1. The predicted molar refractivity (Wildman–Crippen MR) is 76.2 cm³/mol. The van der Waals surface area contributed by atoms with Gasteiger partial charge in [0.1, 0.15) is 5.69 Å². The van der Waals surface area contributed by atoms with Crippen molar-refractivity contribution in [2.75, 3.05) is 5.43 Å². The molecule has 1 aromatic carbocycles. The standard InChI is InChI=1S/C12H9F3N4O2S/c1-7-17-9(6-22-7)5-16-18-10-3-2-8(12(13,14)15)4-11(10)19(20)21/h2-6,18H,1H3/b16-5+. The van der Waals surface area contributed by atoms with Crippen LogP contribution in [0, 0.1) is 17.0 Å². The number of rotatable bonds is 4. The van der Waals surface area contributed by atoms with Crippen LogP contribution in [-0.2, 0) is 6.18 Å². The van der Waals surface area contributed by atoms with Gasteiger partial charge in [-0.15, -0.1) is 11.3 Å². The fourth-order valence-corrected chi connectivity index (χ4v) is 2.12. The normalized spacial score (nSPS) is 11.8. The van der Waals surface area contributed by atoms with Crippen LogP contribution >= 0.6 is 11.3 Å². The predicted octanol–water partition coefficient (Wildman–Crippen LogP) is 3.82. The van der Waals surface area contributed by atoms with Gasteiger partial charge in [-0.1, -0.05) is 0 Å². The van der Waals surface area contributed by atoms with Crippen LogP contribution < -0.4 is 5.43 Å². The Morgan fingerprint density at radius 3 is 2.73 bits per heavy atom. The number of anilines is 1. The highest BCUT2D eigenvalue weighted by Crippen LogP contribution is 2.34. The Morgan fingerprint density at radius 2 is 2.18 bits per heavy atom. The first-order valence-electron chi connectivity index (χ1n) is 5.84. The SMILES string of the molecule is Cc1nc(/C=N/Nc2ccc(C(F)(F)F)cc2[N+](=O)[O-])cs1. The van der Waals surface area contributed by atoms with E-state index in [1.165, 1.54) is 17.6 Å². The Hall–Kier alpha value is -2.49. The van der Waals surface area contributed by atoms with Gasteiger partial charge in [0.2, 0.25) is 0 Å². The summed E-state index contributed by atoms with van der Waals surface area (Å²) in [5, 5.41) is 17.2. The number of nitro benzene ring substituents is 1. The first kappa shape index (κ1) is 15.9. The summed E-state index contributed by atoms with van der Waals surface area (Å²) in [7, 11) is 0. The second-order valence-electron chi connectivity index (χ2n) is 4.15. The summed E-state index contributed by atoms with van der Waals surface area (Å²) >= 11 is 1.40. The Balaban J connectivity index is 2.23. The van der Waals surface area contributed by atoms with Crippen LogP contribution in [0.1, 0.15) is 16.3 Å². The number of alkyl halides is 3. The zero-order valence-electron chi connectivity index (χ0n) is 11.1. The molecule has 0 radical (unpaired) electrons. The van der Waals surface area contributed by atoms with Gasteiger partial charge in [0.25, 0.3) is 5.69 Å². The monoisotopic (exact) mass is 330 g/mol. The van der Waals surface area contributed by atoms with E-state index in [1.807, 2.05) is 0 Å². The number of nitrogens with zero attached hydrogens (tertiary/aromatic N) is 3. The number of halogens is 3. The maximum atomic E-state index is 12.6. The van der Waals surface area contributed by atoms with Gasteiger partial charge in [-0.2, -0.15) is 18.3 Å². The van der Waals surface area contributed by atoms with Gasteiger partial charge < -0.3 is 0 Å². The van der Waals surface area contributed by atoms with E-state index >= 15 is 0 Å². The molecule has 0 atom stereocenters. The van der Waals surface area contributed by atoms with Gasteiger partial charge in [0, 0.05) is 11.4 Å². The highest BCUT2D eigenvalue weighted by atomic mass is 32.1. The third-order valence-corrected chi connectivity index (χ3v) is 3.33. The van der Waals surface area contributed by atoms with Gasteiger partial charge in [-0.25, -0.2) is 4.98 Å². The molecule has 0 spiro atoms. The minimum atomic E-state index is -4.65. The quantitative estimate of drug-likeness (QED) is 0.525. The molecule has 0 amide bonds. The Morgan fingerprint density at radius 1 is 1.45 bits per heavy atom. The van der Waals surface area contributed by atoms with Crippen molar-refractivity contribution in [2.45, 2.75) is 13.1 Å². The molecule has 22 heavy (non-hydrogen) atoms. The molecule has 1 heterocycles. The summed E-state index contributed by atoms with van der Waals surface area (Å²) in [6.45, 7) is 1.80. The number of aromatic nitrogens is 1. The Kier molecular flexibility index (Phi) is 4.40. The topological polar surface area (TPSA) is 80.4 Å². The molecule has 2 rings (SSSR count). The summed E-state index contributed by atoms with van der Waals surface area (Å²) in [6, 6.07) is 2.17. The van der Waals surface area contributed by atoms with Crippen molar-refractivity contribution in [2.24, 2.45) is 5.10 Å². The van der Waals surface area contributed by atoms with E-state index in [4.69, 9.17) is 0 Å². The first-order valence-corrected chi connectivity index (χ1v) is 6.72. The third kappa shape index (κ3) is 3.79. The van der Waals surface area contributed by atoms with Gasteiger partial charge in [0.15, 0.2) is 0 Å². The lowest BCUT2D eigenvalue weighted by Crippen LogP contribution is -2.06. The van der Waals surface area contributed by atoms with E-state index in [0.717, 1.165) is 17.1 Å². The number of nitro groups is 1. The van der Waals surface area contributed by atoms with Crippen molar-refractivity contribution in [1.82, 2.24) is 4.98 Å². The van der Waals surface area contributed by atoms with Crippen molar-refractivity contribution < 1.29 is 18.1 Å². The fourth-order valence-electron chi connectivity index (χ4n) is 1.56. The first-order chi connectivity index (χ1) is 10.3. The lowest BCUT2D eigenvalue weighted by Gasteiger charge is -2.08. The number of thiazole rings is 1. The number of aryl methyl sites for hydroxylation is 1. The molecule has 0 aliphatic heterocycles. The lowest BCUT2D eigenvalue weighted by atomic mass is 10.1. The molecule has 0 saturated heterocycles. The highest BCUT2D eigenvalue weighted by molar-refractivity contribution is 7.09. The van der Waals surface area contributed by atoms with Gasteiger partial charge >= 0.3 is 6.18 Å². The van der Waals surface area contributed by atoms with Crippen molar-refractivity contribution in [3.63, 3.8) is 0 Å². The van der Waals surface area contributed by atoms with Crippen LogP contribution in [0.2, 0.25) is 0 Å². The van der Waals surface area contributed by atoms with Crippen molar-refractivity contribution >= 4 is 28.9 Å². The van der Waals surface area contributed by atoms with Gasteiger partial charge in [-0.3, -0.25) is 15.5 Å². The van der Waals surface area contributed by atoms with Crippen LogP contribution in [0.5, 0.6) is 0 Å². The van der Waals surface area contributed by atoms with Crippen LogP contribution in [0.4, 0.5) is 24.5 Å². The molecule has 0 fully saturated rings. The van der Waals surface area contributed by atoms with Crippen molar-refractivity contribution in [3.05, 3.63) is 50.0 Å². The van der Waals surface area contributed by atoms with Crippen LogP contribution in [0.25, 0.3) is 0 Å². The largest absolute Gasteiger partial charge is 0.416 e. The minimum Gasteiger partial charge on any atom is -0.272 e. The minimum absolute atomic E-state index is 0.138. The van der Waals surface area contributed by atoms with Crippen LogP contribution in [-0.4, -0.2) is 16.1 Å². The molecule has 0 aliphatic rings. The van der Waals surface area contributed by atoms with E-state index in [-0.39, 0.29) is 5.69 Å². The average Bonchev–Trinajstić information content (AvgIpc) is 2.83. The van der Waals surface area contributed by atoms with Crippen LogP contribution in [0.15, 0.2) is 28.7 Å². The highest BCUT2D eigenvalue weighted by Gasteiger charge is 2.33. The number of hydrazone groups is 1. The molecule has 0 saturated carbocycles. The summed E-state index contributed by atoms with van der Waals surface area (Å²) in [5.74, 6) is 0. The number of benzene rings is 1. The zero-order chi connectivity index (χ0) is 16.3. The van der Waals surface area contributed by atoms with Gasteiger partial charge in [0.05, 0.1) is 27.4 Å². The summed E-state index contributed by atoms with van der Waals surface area (Å²) in [5.41, 5.74) is 0.964. The second-order valence-corrected chi connectivity index (χ2v) is 5.21. The maximum absolute atomic E-state index is 12.6. The maximum Gasteiger partial charge on any atom is 0.416 e. The average molecular weight is 330 g/mol. The summed E-state index contributed by atoms with van der Waals surface area (Å²) in [6.07, 6.45) is -3.32.